The molecule has 0 unspecified atom stereocenters. The molecule has 0 aliphatic heterocycles. The van der Waals surface area contributed by atoms with Crippen molar-refractivity contribution in [1.29, 1.82) is 0 Å². The van der Waals surface area contributed by atoms with Crippen LogP contribution in [0, 0.1) is 13.8 Å². The minimum Gasteiger partial charge on any atom is -0.495 e. The SMILES string of the molecule is COc1ccc(Cl)cc1NC(=O)Cc1c(C)[nH]n(-c2nc(C)cs2)c1=O. The molecule has 1 amide bonds. The van der Waals surface area contributed by atoms with Crippen molar-refractivity contribution < 1.29 is 9.53 Å². The maximum atomic E-state index is 12.6. The van der Waals surface area contributed by atoms with Crippen LogP contribution in [0.2, 0.25) is 5.02 Å². The Morgan fingerprint density at radius 3 is 2.85 bits per heavy atom. The number of amides is 1. The van der Waals surface area contributed by atoms with E-state index in [1.165, 1.54) is 23.1 Å². The van der Waals surface area contributed by atoms with Gasteiger partial charge in [-0.15, -0.1) is 11.3 Å². The lowest BCUT2D eigenvalue weighted by atomic mass is 10.2. The Labute approximate surface area is 158 Å². The third kappa shape index (κ3) is 3.66. The maximum absolute atomic E-state index is 12.6. The van der Waals surface area contributed by atoms with Gasteiger partial charge in [0.05, 0.1) is 24.9 Å². The second-order valence-corrected chi connectivity index (χ2v) is 6.97. The number of aryl methyl sites for hydroxylation is 2. The highest BCUT2D eigenvalue weighted by atomic mass is 35.5. The van der Waals surface area contributed by atoms with E-state index in [2.05, 4.69) is 15.4 Å². The van der Waals surface area contributed by atoms with Crippen LogP contribution in [-0.2, 0) is 11.2 Å². The first-order valence-electron chi connectivity index (χ1n) is 7.75. The normalized spacial score (nSPS) is 10.8. The van der Waals surface area contributed by atoms with Gasteiger partial charge < -0.3 is 10.1 Å². The first-order chi connectivity index (χ1) is 12.4. The Morgan fingerprint density at radius 1 is 1.42 bits per heavy atom. The molecule has 2 N–H and O–H groups in total. The average molecular weight is 393 g/mol. The number of hydrogen-bond donors (Lipinski definition) is 2. The molecule has 0 spiro atoms. The largest absolute Gasteiger partial charge is 0.495 e. The van der Waals surface area contributed by atoms with E-state index in [0.29, 0.717) is 32.8 Å². The Hall–Kier alpha value is -2.58. The summed E-state index contributed by atoms with van der Waals surface area (Å²) in [6, 6.07) is 4.93. The molecule has 0 aliphatic rings. The van der Waals surface area contributed by atoms with E-state index in [-0.39, 0.29) is 17.9 Å². The third-order valence-electron chi connectivity index (χ3n) is 3.76. The predicted octanol–water partition coefficient (Wildman–Crippen LogP) is 3.08. The van der Waals surface area contributed by atoms with Crippen molar-refractivity contribution in [3.63, 3.8) is 0 Å². The molecule has 0 fully saturated rings. The molecule has 2 aromatic heterocycles. The van der Waals surface area contributed by atoms with Crippen molar-refractivity contribution in [2.45, 2.75) is 20.3 Å². The average Bonchev–Trinajstić information content (AvgIpc) is 3.13. The van der Waals surface area contributed by atoms with Gasteiger partial charge in [-0.05, 0) is 32.0 Å². The summed E-state index contributed by atoms with van der Waals surface area (Å²) in [5, 5.41) is 8.57. The number of rotatable bonds is 5. The molecule has 136 valence electrons. The van der Waals surface area contributed by atoms with Crippen LogP contribution in [0.15, 0.2) is 28.4 Å². The molecule has 0 saturated heterocycles. The molecule has 3 rings (SSSR count). The summed E-state index contributed by atoms with van der Waals surface area (Å²) in [6.07, 6.45) is -0.0752. The summed E-state index contributed by atoms with van der Waals surface area (Å²) >= 11 is 7.33. The standard InChI is InChI=1S/C17H17ClN4O3S/c1-9-8-26-17(19-9)22-16(24)12(10(2)21-22)7-15(23)20-13-6-11(18)4-5-14(13)25-3/h4-6,8,21H,7H2,1-3H3,(H,20,23). The quantitative estimate of drug-likeness (QED) is 0.698. The highest BCUT2D eigenvalue weighted by Crippen LogP contribution is 2.27. The topological polar surface area (TPSA) is 89.0 Å². The number of nitrogens with zero attached hydrogens (tertiary/aromatic N) is 2. The lowest BCUT2D eigenvalue weighted by Crippen LogP contribution is -2.22. The van der Waals surface area contributed by atoms with Gasteiger partial charge >= 0.3 is 0 Å². The van der Waals surface area contributed by atoms with E-state index in [1.807, 2.05) is 12.3 Å². The van der Waals surface area contributed by atoms with E-state index in [4.69, 9.17) is 16.3 Å². The van der Waals surface area contributed by atoms with E-state index in [0.717, 1.165) is 5.69 Å². The fourth-order valence-corrected chi connectivity index (χ4v) is 3.43. The number of ether oxygens (including phenoxy) is 1. The van der Waals surface area contributed by atoms with Gasteiger partial charge in [-0.3, -0.25) is 14.7 Å². The Balaban J connectivity index is 1.83. The lowest BCUT2D eigenvalue weighted by Gasteiger charge is -2.10. The molecular formula is C17H17ClN4O3S. The number of halogens is 1. The number of anilines is 1. The summed E-state index contributed by atoms with van der Waals surface area (Å²) in [4.78, 5) is 29.4. The van der Waals surface area contributed by atoms with Gasteiger partial charge in [0.15, 0.2) is 0 Å². The Kier molecular flexibility index (Phi) is 5.15. The fraction of sp³-hybridized carbons (Fsp3) is 0.235. The summed E-state index contributed by atoms with van der Waals surface area (Å²) in [5.41, 5.74) is 2.00. The van der Waals surface area contributed by atoms with E-state index in [1.54, 1.807) is 25.1 Å². The van der Waals surface area contributed by atoms with Crippen LogP contribution in [0.25, 0.3) is 5.13 Å². The zero-order valence-corrected chi connectivity index (χ0v) is 16.0. The van der Waals surface area contributed by atoms with Crippen molar-refractivity contribution in [1.82, 2.24) is 14.8 Å². The smallest absolute Gasteiger partial charge is 0.277 e. The van der Waals surface area contributed by atoms with Gasteiger partial charge in [0, 0.05) is 21.7 Å². The Bertz CT molecular complexity index is 1020. The molecule has 1 aromatic carbocycles. The minimum absolute atomic E-state index is 0.0752. The van der Waals surface area contributed by atoms with Crippen LogP contribution in [0.4, 0.5) is 5.69 Å². The van der Waals surface area contributed by atoms with E-state index < -0.39 is 0 Å². The molecule has 0 atom stereocenters. The minimum atomic E-state index is -0.341. The first-order valence-corrected chi connectivity index (χ1v) is 9.01. The number of thiazole rings is 1. The molecule has 0 aliphatic carbocycles. The number of aromatic amines is 1. The number of benzene rings is 1. The first kappa shape index (κ1) is 18.2. The third-order valence-corrected chi connectivity index (χ3v) is 4.94. The monoisotopic (exact) mass is 392 g/mol. The van der Waals surface area contributed by atoms with Gasteiger partial charge in [-0.1, -0.05) is 11.6 Å². The van der Waals surface area contributed by atoms with Crippen molar-refractivity contribution in [3.8, 4) is 10.9 Å². The lowest BCUT2D eigenvalue weighted by molar-refractivity contribution is -0.115. The highest BCUT2D eigenvalue weighted by Gasteiger charge is 2.18. The van der Waals surface area contributed by atoms with Gasteiger partial charge in [0.2, 0.25) is 11.0 Å². The van der Waals surface area contributed by atoms with Crippen LogP contribution in [0.1, 0.15) is 17.0 Å². The van der Waals surface area contributed by atoms with Crippen molar-refractivity contribution in [2.24, 2.45) is 0 Å². The molecule has 0 saturated carbocycles. The number of H-pyrrole nitrogens is 1. The van der Waals surface area contributed by atoms with Crippen LogP contribution < -0.4 is 15.6 Å². The molecule has 2 heterocycles. The van der Waals surface area contributed by atoms with Crippen molar-refractivity contribution >= 4 is 34.5 Å². The van der Waals surface area contributed by atoms with Crippen LogP contribution in [0.3, 0.4) is 0 Å². The maximum Gasteiger partial charge on any atom is 0.277 e. The highest BCUT2D eigenvalue weighted by molar-refractivity contribution is 7.12. The van der Waals surface area contributed by atoms with E-state index >= 15 is 0 Å². The number of nitrogens with one attached hydrogen (secondary N) is 2. The molecule has 3 aromatic rings. The van der Waals surface area contributed by atoms with E-state index in [9.17, 15) is 9.59 Å². The molecule has 9 heteroatoms. The summed E-state index contributed by atoms with van der Waals surface area (Å²) in [6.45, 7) is 3.61. The number of methoxy groups -OCH3 is 1. The van der Waals surface area contributed by atoms with Crippen molar-refractivity contribution in [3.05, 3.63) is 55.9 Å². The Morgan fingerprint density at radius 2 is 2.19 bits per heavy atom. The fourth-order valence-electron chi connectivity index (χ4n) is 2.50. The van der Waals surface area contributed by atoms with Crippen LogP contribution in [0.5, 0.6) is 5.75 Å². The van der Waals surface area contributed by atoms with Gasteiger partial charge in [0.25, 0.3) is 5.56 Å². The summed E-state index contributed by atoms with van der Waals surface area (Å²) < 4.78 is 6.57. The molecule has 0 bridgehead atoms. The van der Waals surface area contributed by atoms with Crippen molar-refractivity contribution in [2.75, 3.05) is 12.4 Å². The molecular weight excluding hydrogens is 376 g/mol. The molecule has 0 radical (unpaired) electrons. The summed E-state index contributed by atoms with van der Waals surface area (Å²) in [7, 11) is 1.50. The summed E-state index contributed by atoms with van der Waals surface area (Å²) in [5.74, 6) is 0.149. The zero-order valence-electron chi connectivity index (χ0n) is 14.4. The second-order valence-electron chi connectivity index (χ2n) is 5.70. The predicted molar refractivity (Wildman–Crippen MR) is 102 cm³/mol. The number of aromatic nitrogens is 3. The number of hydrogen-bond acceptors (Lipinski definition) is 5. The number of carbonyl (C=O) groups is 1. The molecule has 7 nitrogen and oxygen atoms in total. The number of carbonyl (C=O) groups excluding carboxylic acids is 1. The van der Waals surface area contributed by atoms with Gasteiger partial charge in [-0.25, -0.2) is 4.98 Å². The van der Waals surface area contributed by atoms with Gasteiger partial charge in [-0.2, -0.15) is 4.68 Å². The molecule has 26 heavy (non-hydrogen) atoms. The zero-order chi connectivity index (χ0) is 18.8. The van der Waals surface area contributed by atoms with Crippen LogP contribution in [-0.4, -0.2) is 27.8 Å². The van der Waals surface area contributed by atoms with Gasteiger partial charge in [0.1, 0.15) is 5.75 Å². The van der Waals surface area contributed by atoms with Crippen LogP contribution >= 0.6 is 22.9 Å². The second kappa shape index (κ2) is 7.35.